The Balaban J connectivity index is 1.84. The highest BCUT2D eigenvalue weighted by Gasteiger charge is 2.25. The minimum Gasteiger partial charge on any atom is -0.493 e. The van der Waals surface area contributed by atoms with Crippen LogP contribution in [-0.4, -0.2) is 23.6 Å². The highest BCUT2D eigenvalue weighted by atomic mass is 32.1. The number of nitrogens with one attached hydrogen (secondary N) is 1. The van der Waals surface area contributed by atoms with E-state index in [9.17, 15) is 14.7 Å². The summed E-state index contributed by atoms with van der Waals surface area (Å²) in [5.41, 5.74) is 2.56. The molecular formula is C17H17NO4S. The summed E-state index contributed by atoms with van der Waals surface area (Å²) in [6.07, 6.45) is 0.757. The van der Waals surface area contributed by atoms with Gasteiger partial charge in [0.1, 0.15) is 5.75 Å². The number of hydrogen-bond donors (Lipinski definition) is 2. The number of ether oxygens (including phenoxy) is 1. The van der Waals surface area contributed by atoms with Crippen molar-refractivity contribution in [1.29, 1.82) is 0 Å². The van der Waals surface area contributed by atoms with Crippen molar-refractivity contribution in [2.75, 3.05) is 6.61 Å². The summed E-state index contributed by atoms with van der Waals surface area (Å²) in [5, 5.41) is 12.1. The molecule has 5 nitrogen and oxygen atoms in total. The summed E-state index contributed by atoms with van der Waals surface area (Å²) >= 11 is 1.37. The van der Waals surface area contributed by atoms with E-state index in [1.54, 1.807) is 24.3 Å². The Labute approximate surface area is 137 Å². The second-order valence-corrected chi connectivity index (χ2v) is 6.82. The first-order valence-corrected chi connectivity index (χ1v) is 8.13. The lowest BCUT2D eigenvalue weighted by Crippen LogP contribution is -2.33. The summed E-state index contributed by atoms with van der Waals surface area (Å²) < 4.78 is 5.43. The number of carboxylic acids is 1. The average molecular weight is 331 g/mol. The van der Waals surface area contributed by atoms with Gasteiger partial charge in [-0.15, -0.1) is 11.3 Å². The van der Waals surface area contributed by atoms with Crippen molar-refractivity contribution in [2.45, 2.75) is 26.3 Å². The normalized spacial score (nSPS) is 14.0. The Bertz CT molecular complexity index is 761. The number of aryl methyl sites for hydroxylation is 2. The molecular weight excluding hydrogens is 314 g/mol. The van der Waals surface area contributed by atoms with Crippen molar-refractivity contribution in [3.8, 4) is 5.75 Å². The number of benzene rings is 1. The fraction of sp³-hybridized carbons (Fsp3) is 0.294. The van der Waals surface area contributed by atoms with E-state index in [1.807, 2.05) is 13.8 Å². The number of carboxylic acid groups (broad SMARTS) is 1. The van der Waals surface area contributed by atoms with Gasteiger partial charge in [-0.25, -0.2) is 4.79 Å². The molecule has 0 saturated carbocycles. The number of carbonyl (C=O) groups is 2. The van der Waals surface area contributed by atoms with Crippen molar-refractivity contribution in [1.82, 2.24) is 5.32 Å². The van der Waals surface area contributed by atoms with Crippen LogP contribution in [0.15, 0.2) is 24.3 Å². The van der Waals surface area contributed by atoms with Crippen LogP contribution in [0.25, 0.3) is 0 Å². The largest absolute Gasteiger partial charge is 0.493 e. The highest BCUT2D eigenvalue weighted by molar-refractivity contribution is 7.14. The third-order valence-corrected chi connectivity index (χ3v) is 5.11. The topological polar surface area (TPSA) is 75.6 Å². The molecule has 1 unspecified atom stereocenters. The van der Waals surface area contributed by atoms with Crippen LogP contribution in [0.2, 0.25) is 0 Å². The van der Waals surface area contributed by atoms with E-state index < -0.39 is 12.0 Å². The molecule has 0 saturated heterocycles. The number of amides is 1. The Morgan fingerprint density at radius 3 is 2.74 bits per heavy atom. The maximum Gasteiger partial charge on any atom is 0.330 e. The molecule has 2 heterocycles. The molecule has 2 aromatic rings. The van der Waals surface area contributed by atoms with E-state index in [1.165, 1.54) is 11.3 Å². The zero-order chi connectivity index (χ0) is 16.6. The van der Waals surface area contributed by atoms with Crippen molar-refractivity contribution in [3.05, 3.63) is 50.7 Å². The van der Waals surface area contributed by atoms with Crippen LogP contribution in [-0.2, 0) is 11.2 Å². The van der Waals surface area contributed by atoms with Crippen molar-refractivity contribution in [3.63, 3.8) is 0 Å². The average Bonchev–Trinajstić information content (AvgIpc) is 3.10. The molecule has 0 radical (unpaired) electrons. The molecule has 1 aromatic heterocycles. The summed E-state index contributed by atoms with van der Waals surface area (Å²) in [6, 6.07) is 5.96. The van der Waals surface area contributed by atoms with Crippen LogP contribution in [0.1, 0.15) is 37.3 Å². The van der Waals surface area contributed by atoms with Crippen LogP contribution in [0, 0.1) is 13.8 Å². The molecule has 1 aliphatic heterocycles. The molecule has 23 heavy (non-hydrogen) atoms. The second-order valence-electron chi connectivity index (χ2n) is 5.56. The van der Waals surface area contributed by atoms with E-state index >= 15 is 0 Å². The highest BCUT2D eigenvalue weighted by Crippen LogP contribution is 2.29. The summed E-state index contributed by atoms with van der Waals surface area (Å²) in [4.78, 5) is 25.5. The van der Waals surface area contributed by atoms with Gasteiger partial charge in [0.2, 0.25) is 0 Å². The van der Waals surface area contributed by atoms with Gasteiger partial charge in [0, 0.05) is 11.3 Å². The van der Waals surface area contributed by atoms with Gasteiger partial charge in [-0.3, -0.25) is 4.79 Å². The maximum atomic E-state index is 12.3. The molecule has 0 aliphatic carbocycles. The minimum atomic E-state index is -1.08. The Morgan fingerprint density at radius 2 is 2.09 bits per heavy atom. The van der Waals surface area contributed by atoms with E-state index in [-0.39, 0.29) is 5.91 Å². The molecule has 1 aromatic carbocycles. The Kier molecular flexibility index (Phi) is 4.09. The van der Waals surface area contributed by atoms with Crippen LogP contribution in [0.5, 0.6) is 5.75 Å². The number of hydrogen-bond acceptors (Lipinski definition) is 4. The van der Waals surface area contributed by atoms with Crippen LogP contribution >= 0.6 is 11.3 Å². The summed E-state index contributed by atoms with van der Waals surface area (Å²) in [5.74, 6) is -0.661. The van der Waals surface area contributed by atoms with Crippen LogP contribution in [0.4, 0.5) is 0 Å². The molecule has 3 rings (SSSR count). The standard InChI is InChI=1S/C17H17NO4S/c1-9-7-14(23-10(9)2)16(19)18-15(17(20)21)12-3-4-13-11(8-12)5-6-22-13/h3-4,7-8,15H,5-6H2,1-2H3,(H,18,19)(H,20,21). The fourth-order valence-electron chi connectivity index (χ4n) is 2.56. The molecule has 1 atom stereocenters. The van der Waals surface area contributed by atoms with Gasteiger partial charge in [-0.05, 0) is 48.7 Å². The quantitative estimate of drug-likeness (QED) is 0.903. The SMILES string of the molecule is Cc1cc(C(=O)NC(C(=O)O)c2ccc3c(c2)CCO3)sc1C. The van der Waals surface area contributed by atoms with Crippen molar-refractivity contribution >= 4 is 23.2 Å². The number of aliphatic carboxylic acids is 1. The monoisotopic (exact) mass is 331 g/mol. The first-order valence-electron chi connectivity index (χ1n) is 7.32. The van der Waals surface area contributed by atoms with Crippen LogP contribution < -0.4 is 10.1 Å². The van der Waals surface area contributed by atoms with Crippen molar-refractivity contribution in [2.24, 2.45) is 0 Å². The number of fused-ring (bicyclic) bond motifs is 1. The third kappa shape index (κ3) is 3.07. The Morgan fingerprint density at radius 1 is 1.30 bits per heavy atom. The molecule has 0 bridgehead atoms. The number of rotatable bonds is 4. The lowest BCUT2D eigenvalue weighted by molar-refractivity contribution is -0.139. The van der Waals surface area contributed by atoms with Crippen molar-refractivity contribution < 1.29 is 19.4 Å². The van der Waals surface area contributed by atoms with Crippen LogP contribution in [0.3, 0.4) is 0 Å². The van der Waals surface area contributed by atoms with Gasteiger partial charge < -0.3 is 15.2 Å². The zero-order valence-electron chi connectivity index (χ0n) is 12.9. The van der Waals surface area contributed by atoms with E-state index in [0.29, 0.717) is 17.0 Å². The predicted molar refractivity (Wildman–Crippen MR) is 87.3 cm³/mol. The fourth-order valence-corrected chi connectivity index (χ4v) is 3.50. The predicted octanol–water partition coefficient (Wildman–Crippen LogP) is 2.86. The van der Waals surface area contributed by atoms with Gasteiger partial charge in [0.05, 0.1) is 11.5 Å². The molecule has 0 fully saturated rings. The van der Waals surface area contributed by atoms with Gasteiger partial charge in [0.25, 0.3) is 5.91 Å². The van der Waals surface area contributed by atoms with Gasteiger partial charge >= 0.3 is 5.97 Å². The van der Waals surface area contributed by atoms with E-state index in [2.05, 4.69) is 5.32 Å². The molecule has 2 N–H and O–H groups in total. The number of thiophene rings is 1. The Hall–Kier alpha value is -2.34. The summed E-state index contributed by atoms with van der Waals surface area (Å²) in [6.45, 7) is 4.47. The van der Waals surface area contributed by atoms with E-state index in [4.69, 9.17) is 4.74 Å². The molecule has 120 valence electrons. The molecule has 0 spiro atoms. The first kappa shape index (κ1) is 15.6. The van der Waals surface area contributed by atoms with Gasteiger partial charge in [0.15, 0.2) is 6.04 Å². The maximum absolute atomic E-state index is 12.3. The molecule has 6 heteroatoms. The number of carbonyl (C=O) groups excluding carboxylic acids is 1. The molecule has 1 aliphatic rings. The minimum absolute atomic E-state index is 0.365. The summed E-state index contributed by atoms with van der Waals surface area (Å²) in [7, 11) is 0. The van der Waals surface area contributed by atoms with Gasteiger partial charge in [-0.2, -0.15) is 0 Å². The lowest BCUT2D eigenvalue weighted by Gasteiger charge is -2.15. The lowest BCUT2D eigenvalue weighted by atomic mass is 10.0. The van der Waals surface area contributed by atoms with E-state index in [0.717, 1.165) is 28.2 Å². The molecule has 1 amide bonds. The first-order chi connectivity index (χ1) is 11.0. The second kappa shape index (κ2) is 6.04. The zero-order valence-corrected chi connectivity index (χ0v) is 13.7. The third-order valence-electron chi connectivity index (χ3n) is 3.96. The smallest absolute Gasteiger partial charge is 0.330 e. The van der Waals surface area contributed by atoms with Gasteiger partial charge in [-0.1, -0.05) is 6.07 Å².